The standard InChI is InChI=1S/C9H10O5/c1-2-14-9(13)5-3-4-6(10)8(12)7(5)11/h3-4,10-12H,2H2,1H3. The Morgan fingerprint density at radius 2 is 1.93 bits per heavy atom. The topological polar surface area (TPSA) is 87.0 Å². The molecule has 1 aromatic rings. The van der Waals surface area contributed by atoms with E-state index in [1.165, 1.54) is 6.07 Å². The van der Waals surface area contributed by atoms with Crippen LogP contribution in [0.25, 0.3) is 0 Å². The summed E-state index contributed by atoms with van der Waals surface area (Å²) in [6.07, 6.45) is 0. The number of esters is 1. The maximum Gasteiger partial charge on any atom is 0.342 e. The average Bonchev–Trinajstić information content (AvgIpc) is 2.15. The minimum Gasteiger partial charge on any atom is -0.504 e. The molecule has 0 unspecified atom stereocenters. The normalized spacial score (nSPS) is 9.79. The van der Waals surface area contributed by atoms with Crippen molar-refractivity contribution < 1.29 is 24.9 Å². The van der Waals surface area contributed by atoms with Crippen molar-refractivity contribution in [3.63, 3.8) is 0 Å². The number of rotatable bonds is 2. The Morgan fingerprint density at radius 1 is 1.29 bits per heavy atom. The molecule has 0 saturated carbocycles. The summed E-state index contributed by atoms with van der Waals surface area (Å²) in [7, 11) is 0. The molecular formula is C9H10O5. The molecule has 14 heavy (non-hydrogen) atoms. The summed E-state index contributed by atoms with van der Waals surface area (Å²) < 4.78 is 4.61. The summed E-state index contributed by atoms with van der Waals surface area (Å²) in [4.78, 5) is 11.2. The van der Waals surface area contributed by atoms with Gasteiger partial charge in [-0.15, -0.1) is 0 Å². The molecule has 1 aromatic carbocycles. The molecule has 0 fully saturated rings. The second-order valence-electron chi connectivity index (χ2n) is 2.55. The first-order valence-corrected chi connectivity index (χ1v) is 3.99. The lowest BCUT2D eigenvalue weighted by molar-refractivity contribution is 0.0522. The predicted octanol–water partition coefficient (Wildman–Crippen LogP) is 0.980. The van der Waals surface area contributed by atoms with Crippen LogP contribution in [0.15, 0.2) is 12.1 Å². The summed E-state index contributed by atoms with van der Waals surface area (Å²) >= 11 is 0. The number of benzene rings is 1. The number of hydrogen-bond donors (Lipinski definition) is 3. The Balaban J connectivity index is 3.11. The Hall–Kier alpha value is -1.91. The molecule has 1 rings (SSSR count). The highest BCUT2D eigenvalue weighted by Crippen LogP contribution is 2.37. The maximum absolute atomic E-state index is 11.2. The van der Waals surface area contributed by atoms with Gasteiger partial charge in [0.05, 0.1) is 6.61 Å². The lowest BCUT2D eigenvalue weighted by Gasteiger charge is -2.06. The van der Waals surface area contributed by atoms with E-state index in [0.717, 1.165) is 6.07 Å². The zero-order chi connectivity index (χ0) is 10.7. The molecular weight excluding hydrogens is 188 g/mol. The quantitative estimate of drug-likeness (QED) is 0.487. The van der Waals surface area contributed by atoms with Crippen LogP contribution in [0.3, 0.4) is 0 Å². The summed E-state index contributed by atoms with van der Waals surface area (Å²) in [5.41, 5.74) is -0.179. The lowest BCUT2D eigenvalue weighted by Crippen LogP contribution is -2.04. The van der Waals surface area contributed by atoms with Gasteiger partial charge in [-0.2, -0.15) is 0 Å². The van der Waals surface area contributed by atoms with E-state index < -0.39 is 23.2 Å². The largest absolute Gasteiger partial charge is 0.504 e. The first kappa shape index (κ1) is 10.2. The van der Waals surface area contributed by atoms with E-state index in [0.29, 0.717) is 0 Å². The number of hydrogen-bond acceptors (Lipinski definition) is 5. The van der Waals surface area contributed by atoms with Crippen molar-refractivity contribution in [1.29, 1.82) is 0 Å². The van der Waals surface area contributed by atoms with Crippen molar-refractivity contribution in [2.24, 2.45) is 0 Å². The molecule has 76 valence electrons. The molecule has 0 heterocycles. The Labute approximate surface area is 80.2 Å². The van der Waals surface area contributed by atoms with Crippen molar-refractivity contribution in [2.45, 2.75) is 6.92 Å². The summed E-state index contributed by atoms with van der Waals surface area (Å²) in [5.74, 6) is -2.64. The van der Waals surface area contributed by atoms with E-state index in [1.807, 2.05) is 0 Å². The molecule has 0 spiro atoms. The third-order valence-corrected chi connectivity index (χ3v) is 1.63. The van der Waals surface area contributed by atoms with Gasteiger partial charge < -0.3 is 20.1 Å². The molecule has 5 nitrogen and oxygen atoms in total. The minimum atomic E-state index is -0.750. The molecule has 0 aliphatic heterocycles. The van der Waals surface area contributed by atoms with Crippen LogP contribution in [0.2, 0.25) is 0 Å². The van der Waals surface area contributed by atoms with Gasteiger partial charge in [0.25, 0.3) is 0 Å². The molecule has 0 aliphatic carbocycles. The highest BCUT2D eigenvalue weighted by atomic mass is 16.5. The number of carbonyl (C=O) groups is 1. The van der Waals surface area contributed by atoms with Gasteiger partial charge in [-0.25, -0.2) is 4.79 Å². The number of phenols is 3. The van der Waals surface area contributed by atoms with Crippen LogP contribution in [0.4, 0.5) is 0 Å². The van der Waals surface area contributed by atoms with Gasteiger partial charge in [0.2, 0.25) is 5.75 Å². The van der Waals surface area contributed by atoms with E-state index in [4.69, 9.17) is 10.2 Å². The van der Waals surface area contributed by atoms with Gasteiger partial charge in [-0.05, 0) is 19.1 Å². The van der Waals surface area contributed by atoms with E-state index in [2.05, 4.69) is 4.74 Å². The molecule has 0 atom stereocenters. The van der Waals surface area contributed by atoms with Crippen LogP contribution < -0.4 is 0 Å². The molecule has 0 amide bonds. The average molecular weight is 198 g/mol. The fourth-order valence-electron chi connectivity index (χ4n) is 0.943. The van der Waals surface area contributed by atoms with Crippen molar-refractivity contribution in [1.82, 2.24) is 0 Å². The van der Waals surface area contributed by atoms with Crippen molar-refractivity contribution >= 4 is 5.97 Å². The second kappa shape index (κ2) is 3.87. The molecule has 3 N–H and O–H groups in total. The van der Waals surface area contributed by atoms with Crippen molar-refractivity contribution in [2.75, 3.05) is 6.61 Å². The van der Waals surface area contributed by atoms with Crippen LogP contribution in [-0.2, 0) is 4.74 Å². The lowest BCUT2D eigenvalue weighted by atomic mass is 10.2. The monoisotopic (exact) mass is 198 g/mol. The van der Waals surface area contributed by atoms with Gasteiger partial charge >= 0.3 is 5.97 Å². The van der Waals surface area contributed by atoms with Crippen LogP contribution >= 0.6 is 0 Å². The Morgan fingerprint density at radius 3 is 2.50 bits per heavy atom. The molecule has 0 saturated heterocycles. The van der Waals surface area contributed by atoms with E-state index in [1.54, 1.807) is 6.92 Å². The molecule has 0 aromatic heterocycles. The fraction of sp³-hybridized carbons (Fsp3) is 0.222. The summed E-state index contributed by atoms with van der Waals surface area (Å²) in [5, 5.41) is 27.3. The highest BCUT2D eigenvalue weighted by molar-refractivity contribution is 5.93. The SMILES string of the molecule is CCOC(=O)c1ccc(O)c(O)c1O. The molecule has 0 aliphatic rings. The fourth-order valence-corrected chi connectivity index (χ4v) is 0.943. The van der Waals surface area contributed by atoms with E-state index >= 15 is 0 Å². The highest BCUT2D eigenvalue weighted by Gasteiger charge is 2.17. The first-order chi connectivity index (χ1) is 6.57. The van der Waals surface area contributed by atoms with Gasteiger partial charge in [0, 0.05) is 0 Å². The maximum atomic E-state index is 11.2. The van der Waals surface area contributed by atoms with Crippen LogP contribution in [0.1, 0.15) is 17.3 Å². The summed E-state index contributed by atoms with van der Waals surface area (Å²) in [6.45, 7) is 1.79. The van der Waals surface area contributed by atoms with E-state index in [-0.39, 0.29) is 12.2 Å². The van der Waals surface area contributed by atoms with Gasteiger partial charge in [-0.3, -0.25) is 0 Å². The summed E-state index contributed by atoms with van der Waals surface area (Å²) in [6, 6.07) is 2.27. The van der Waals surface area contributed by atoms with Crippen molar-refractivity contribution in [3.8, 4) is 17.2 Å². The number of phenolic OH excluding ortho intramolecular Hbond substituents is 3. The van der Waals surface area contributed by atoms with Crippen LogP contribution in [0, 0.1) is 0 Å². The molecule has 0 radical (unpaired) electrons. The predicted molar refractivity (Wildman–Crippen MR) is 47.4 cm³/mol. The van der Waals surface area contributed by atoms with Crippen LogP contribution in [-0.4, -0.2) is 27.9 Å². The molecule has 0 bridgehead atoms. The molecule has 5 heteroatoms. The van der Waals surface area contributed by atoms with Crippen LogP contribution in [0.5, 0.6) is 17.2 Å². The minimum absolute atomic E-state index is 0.167. The Kier molecular flexibility index (Phi) is 2.81. The van der Waals surface area contributed by atoms with Gasteiger partial charge in [-0.1, -0.05) is 0 Å². The third-order valence-electron chi connectivity index (χ3n) is 1.63. The van der Waals surface area contributed by atoms with E-state index in [9.17, 15) is 9.90 Å². The van der Waals surface area contributed by atoms with Gasteiger partial charge in [0.15, 0.2) is 11.5 Å². The second-order valence-corrected chi connectivity index (χ2v) is 2.55. The first-order valence-electron chi connectivity index (χ1n) is 3.99. The Bertz CT molecular complexity index is 358. The zero-order valence-corrected chi connectivity index (χ0v) is 7.52. The van der Waals surface area contributed by atoms with Gasteiger partial charge in [0.1, 0.15) is 5.56 Å². The number of carbonyl (C=O) groups excluding carboxylic acids is 1. The third kappa shape index (κ3) is 1.71. The zero-order valence-electron chi connectivity index (χ0n) is 7.52. The van der Waals surface area contributed by atoms with Crippen molar-refractivity contribution in [3.05, 3.63) is 17.7 Å². The number of ether oxygens (including phenoxy) is 1. The smallest absolute Gasteiger partial charge is 0.342 e. The number of aromatic hydroxyl groups is 3.